The molecule has 0 unspecified atom stereocenters. The summed E-state index contributed by atoms with van der Waals surface area (Å²) in [5.74, 6) is 0.666. The van der Waals surface area contributed by atoms with Crippen LogP contribution in [0.2, 0.25) is 0 Å². The van der Waals surface area contributed by atoms with Crippen molar-refractivity contribution in [1.82, 2.24) is 5.32 Å². The van der Waals surface area contributed by atoms with E-state index in [1.807, 2.05) is 0 Å². The topological polar surface area (TPSA) is 55.1 Å². The van der Waals surface area contributed by atoms with Gasteiger partial charge in [0.2, 0.25) is 5.91 Å². The van der Waals surface area contributed by atoms with Gasteiger partial charge in [-0.25, -0.2) is 0 Å². The van der Waals surface area contributed by atoms with E-state index in [-0.39, 0.29) is 11.9 Å². The second kappa shape index (κ2) is 4.45. The van der Waals surface area contributed by atoms with E-state index in [4.69, 9.17) is 5.73 Å². The quantitative estimate of drug-likeness (QED) is 0.653. The highest BCUT2D eigenvalue weighted by Gasteiger charge is 2.21. The van der Waals surface area contributed by atoms with Crippen molar-refractivity contribution in [3.05, 3.63) is 0 Å². The highest BCUT2D eigenvalue weighted by Crippen LogP contribution is 2.28. The largest absolute Gasteiger partial charge is 0.358 e. The van der Waals surface area contributed by atoms with Crippen LogP contribution in [0.5, 0.6) is 0 Å². The maximum atomic E-state index is 11.1. The number of rotatable bonds is 3. The minimum atomic E-state index is -0.293. The number of carbonyl (C=O) groups is 1. The SMILES string of the molecule is CNC(=O)[C@@H](N)CC1CCCC1. The molecule has 70 valence electrons. The average Bonchev–Trinajstić information content (AvgIpc) is 2.55. The summed E-state index contributed by atoms with van der Waals surface area (Å²) >= 11 is 0. The smallest absolute Gasteiger partial charge is 0.236 e. The molecule has 1 atom stereocenters. The van der Waals surface area contributed by atoms with Crippen molar-refractivity contribution in [2.75, 3.05) is 7.05 Å². The zero-order valence-corrected chi connectivity index (χ0v) is 7.68. The van der Waals surface area contributed by atoms with Crippen LogP contribution in [-0.4, -0.2) is 19.0 Å². The summed E-state index contributed by atoms with van der Waals surface area (Å²) in [6.45, 7) is 0. The van der Waals surface area contributed by atoms with Gasteiger partial charge < -0.3 is 11.1 Å². The van der Waals surface area contributed by atoms with E-state index in [0.717, 1.165) is 6.42 Å². The van der Waals surface area contributed by atoms with Crippen LogP contribution in [0.1, 0.15) is 32.1 Å². The van der Waals surface area contributed by atoms with Crippen LogP contribution in [0, 0.1) is 5.92 Å². The molecule has 1 aliphatic carbocycles. The van der Waals surface area contributed by atoms with Crippen molar-refractivity contribution in [3.63, 3.8) is 0 Å². The molecule has 1 saturated carbocycles. The van der Waals surface area contributed by atoms with Crippen molar-refractivity contribution >= 4 is 5.91 Å². The Hall–Kier alpha value is -0.570. The molecule has 1 fully saturated rings. The van der Waals surface area contributed by atoms with Crippen LogP contribution < -0.4 is 11.1 Å². The number of nitrogens with one attached hydrogen (secondary N) is 1. The summed E-state index contributed by atoms with van der Waals surface area (Å²) in [4.78, 5) is 11.1. The van der Waals surface area contributed by atoms with Gasteiger partial charge in [-0.3, -0.25) is 4.79 Å². The van der Waals surface area contributed by atoms with Gasteiger partial charge in [-0.1, -0.05) is 25.7 Å². The van der Waals surface area contributed by atoms with E-state index in [0.29, 0.717) is 5.92 Å². The lowest BCUT2D eigenvalue weighted by molar-refractivity contribution is -0.122. The standard InChI is InChI=1S/C9H18N2O/c1-11-9(12)8(10)6-7-4-2-3-5-7/h7-8H,2-6,10H2,1H3,(H,11,12)/t8-/m0/s1. The Balaban J connectivity index is 2.24. The lowest BCUT2D eigenvalue weighted by atomic mass is 9.98. The monoisotopic (exact) mass is 170 g/mol. The predicted molar refractivity (Wildman–Crippen MR) is 48.6 cm³/mol. The van der Waals surface area contributed by atoms with Gasteiger partial charge in [0.05, 0.1) is 6.04 Å². The summed E-state index contributed by atoms with van der Waals surface area (Å²) < 4.78 is 0. The molecule has 3 nitrogen and oxygen atoms in total. The molecular formula is C9H18N2O. The first-order valence-electron chi connectivity index (χ1n) is 4.71. The fraction of sp³-hybridized carbons (Fsp3) is 0.889. The molecule has 1 rings (SSSR count). The van der Waals surface area contributed by atoms with Crippen LogP contribution in [0.3, 0.4) is 0 Å². The zero-order chi connectivity index (χ0) is 8.97. The summed E-state index contributed by atoms with van der Waals surface area (Å²) in [6, 6.07) is -0.293. The summed E-state index contributed by atoms with van der Waals surface area (Å²) in [5, 5.41) is 2.57. The molecule has 0 bridgehead atoms. The number of carbonyl (C=O) groups excluding carboxylic acids is 1. The number of hydrogen-bond donors (Lipinski definition) is 2. The number of nitrogens with two attached hydrogens (primary N) is 1. The Labute approximate surface area is 73.7 Å². The number of hydrogen-bond acceptors (Lipinski definition) is 2. The molecule has 1 aliphatic rings. The summed E-state index contributed by atoms with van der Waals surface area (Å²) in [7, 11) is 1.64. The summed E-state index contributed by atoms with van der Waals surface area (Å²) in [5.41, 5.74) is 5.70. The second-order valence-electron chi connectivity index (χ2n) is 3.61. The molecule has 12 heavy (non-hydrogen) atoms. The highest BCUT2D eigenvalue weighted by atomic mass is 16.2. The molecule has 0 radical (unpaired) electrons. The Morgan fingerprint density at radius 1 is 1.58 bits per heavy atom. The molecule has 0 saturated heterocycles. The Bertz CT molecular complexity index is 153. The van der Waals surface area contributed by atoms with Crippen molar-refractivity contribution < 1.29 is 4.79 Å². The molecule has 0 heterocycles. The second-order valence-corrected chi connectivity index (χ2v) is 3.61. The third-order valence-corrected chi connectivity index (χ3v) is 2.65. The molecule has 0 aliphatic heterocycles. The van der Waals surface area contributed by atoms with Gasteiger partial charge in [0.15, 0.2) is 0 Å². The zero-order valence-electron chi connectivity index (χ0n) is 7.68. The Kier molecular flexibility index (Phi) is 3.53. The van der Waals surface area contributed by atoms with Gasteiger partial charge in [0.25, 0.3) is 0 Å². The fourth-order valence-corrected chi connectivity index (χ4v) is 1.90. The lowest BCUT2D eigenvalue weighted by Crippen LogP contribution is -2.39. The van der Waals surface area contributed by atoms with Gasteiger partial charge in [0, 0.05) is 7.05 Å². The molecule has 0 aromatic heterocycles. The minimum Gasteiger partial charge on any atom is -0.358 e. The average molecular weight is 170 g/mol. The normalized spacial score (nSPS) is 20.8. The molecule has 0 aromatic rings. The van der Waals surface area contributed by atoms with Crippen LogP contribution in [0.25, 0.3) is 0 Å². The number of likely N-dealkylation sites (N-methyl/N-ethyl adjacent to an activating group) is 1. The van der Waals surface area contributed by atoms with E-state index in [1.165, 1.54) is 25.7 Å². The van der Waals surface area contributed by atoms with Crippen LogP contribution in [0.4, 0.5) is 0 Å². The van der Waals surface area contributed by atoms with Crippen molar-refractivity contribution in [3.8, 4) is 0 Å². The third kappa shape index (κ3) is 2.48. The van der Waals surface area contributed by atoms with Gasteiger partial charge in [-0.15, -0.1) is 0 Å². The maximum absolute atomic E-state index is 11.1. The van der Waals surface area contributed by atoms with Gasteiger partial charge >= 0.3 is 0 Å². The maximum Gasteiger partial charge on any atom is 0.236 e. The first kappa shape index (κ1) is 9.52. The molecular weight excluding hydrogens is 152 g/mol. The van der Waals surface area contributed by atoms with E-state index >= 15 is 0 Å². The van der Waals surface area contributed by atoms with Gasteiger partial charge in [0.1, 0.15) is 0 Å². The molecule has 3 N–H and O–H groups in total. The molecule has 3 heteroatoms. The highest BCUT2D eigenvalue weighted by molar-refractivity contribution is 5.81. The van der Waals surface area contributed by atoms with E-state index in [2.05, 4.69) is 5.32 Å². The lowest BCUT2D eigenvalue weighted by Gasteiger charge is -2.14. The van der Waals surface area contributed by atoms with E-state index < -0.39 is 0 Å². The van der Waals surface area contributed by atoms with Crippen molar-refractivity contribution in [2.24, 2.45) is 11.7 Å². The van der Waals surface area contributed by atoms with E-state index in [1.54, 1.807) is 7.05 Å². The Morgan fingerprint density at radius 2 is 2.17 bits per heavy atom. The first-order chi connectivity index (χ1) is 5.74. The van der Waals surface area contributed by atoms with Crippen molar-refractivity contribution in [1.29, 1.82) is 0 Å². The molecule has 1 amide bonds. The van der Waals surface area contributed by atoms with Gasteiger partial charge in [-0.05, 0) is 12.3 Å². The first-order valence-corrected chi connectivity index (χ1v) is 4.71. The third-order valence-electron chi connectivity index (χ3n) is 2.65. The number of amides is 1. The Morgan fingerprint density at radius 3 is 2.67 bits per heavy atom. The van der Waals surface area contributed by atoms with Crippen molar-refractivity contribution in [2.45, 2.75) is 38.1 Å². The van der Waals surface area contributed by atoms with Crippen LogP contribution in [0.15, 0.2) is 0 Å². The van der Waals surface area contributed by atoms with Gasteiger partial charge in [-0.2, -0.15) is 0 Å². The summed E-state index contributed by atoms with van der Waals surface area (Å²) in [6.07, 6.45) is 5.99. The fourth-order valence-electron chi connectivity index (χ4n) is 1.90. The molecule has 0 spiro atoms. The predicted octanol–water partition coefficient (Wildman–Crippen LogP) is 0.640. The van der Waals surface area contributed by atoms with Crippen LogP contribution in [-0.2, 0) is 4.79 Å². The van der Waals surface area contributed by atoms with E-state index in [9.17, 15) is 4.79 Å². The van der Waals surface area contributed by atoms with Crippen LogP contribution >= 0.6 is 0 Å². The minimum absolute atomic E-state index is 0.0260. The molecule has 0 aromatic carbocycles.